The molecular formula is C22H36N4O. The van der Waals surface area contributed by atoms with Crippen LogP contribution >= 0.6 is 0 Å². The number of ether oxygens (including phenoxy) is 1. The molecule has 1 N–H and O–H groups in total. The van der Waals surface area contributed by atoms with Gasteiger partial charge in [0.05, 0.1) is 6.61 Å². The summed E-state index contributed by atoms with van der Waals surface area (Å²) in [5, 5.41) is 3.56. The fourth-order valence-electron chi connectivity index (χ4n) is 4.26. The van der Waals surface area contributed by atoms with Crippen LogP contribution < -0.4 is 5.32 Å². The number of rotatable bonds is 6. The highest BCUT2D eigenvalue weighted by Gasteiger charge is 2.20. The van der Waals surface area contributed by atoms with Gasteiger partial charge in [-0.2, -0.15) is 0 Å². The molecule has 0 spiro atoms. The van der Waals surface area contributed by atoms with E-state index in [0.29, 0.717) is 12.0 Å². The van der Waals surface area contributed by atoms with Crippen molar-refractivity contribution in [3.63, 3.8) is 0 Å². The minimum atomic E-state index is 0.612. The molecule has 27 heavy (non-hydrogen) atoms. The van der Waals surface area contributed by atoms with E-state index in [-0.39, 0.29) is 0 Å². The van der Waals surface area contributed by atoms with Gasteiger partial charge in [-0.25, -0.2) is 0 Å². The quantitative estimate of drug-likeness (QED) is 0.615. The summed E-state index contributed by atoms with van der Waals surface area (Å²) in [6, 6.07) is 9.51. The summed E-state index contributed by atoms with van der Waals surface area (Å²) in [4.78, 5) is 9.34. The Bertz CT molecular complexity index is 612. The lowest BCUT2D eigenvalue weighted by Gasteiger charge is -2.34. The number of nitrogens with zero attached hydrogens (tertiary/aromatic N) is 3. The lowest BCUT2D eigenvalue weighted by atomic mass is 10.0. The van der Waals surface area contributed by atoms with Crippen LogP contribution in [-0.4, -0.2) is 62.2 Å². The van der Waals surface area contributed by atoms with Gasteiger partial charge in [0.1, 0.15) is 0 Å². The van der Waals surface area contributed by atoms with E-state index in [1.165, 1.54) is 36.9 Å². The van der Waals surface area contributed by atoms with E-state index in [1.54, 1.807) is 0 Å². The number of hydrogen-bond donors (Lipinski definition) is 1. The van der Waals surface area contributed by atoms with E-state index in [2.05, 4.69) is 58.3 Å². The molecule has 2 saturated heterocycles. The Morgan fingerprint density at radius 3 is 2.78 bits per heavy atom. The summed E-state index contributed by atoms with van der Waals surface area (Å²) in [6.07, 6.45) is 5.17. The number of hydrogen-bond acceptors (Lipinski definition) is 3. The Balaban J connectivity index is 1.57. The second-order valence-corrected chi connectivity index (χ2v) is 8.09. The second-order valence-electron chi connectivity index (χ2n) is 8.09. The molecular weight excluding hydrogens is 336 g/mol. The predicted molar refractivity (Wildman–Crippen MR) is 112 cm³/mol. The highest BCUT2D eigenvalue weighted by Crippen LogP contribution is 2.21. The third-order valence-electron chi connectivity index (χ3n) is 6.00. The fraction of sp³-hybridized carbons (Fsp3) is 0.682. The molecule has 0 aromatic heterocycles. The Morgan fingerprint density at radius 2 is 2.07 bits per heavy atom. The maximum atomic E-state index is 5.51. The zero-order valence-corrected chi connectivity index (χ0v) is 17.3. The van der Waals surface area contributed by atoms with E-state index in [9.17, 15) is 0 Å². The first-order valence-corrected chi connectivity index (χ1v) is 10.5. The Hall–Kier alpha value is -1.59. The topological polar surface area (TPSA) is 40.1 Å². The molecule has 2 aliphatic heterocycles. The van der Waals surface area contributed by atoms with Crippen LogP contribution in [0.3, 0.4) is 0 Å². The van der Waals surface area contributed by atoms with Gasteiger partial charge in [0.2, 0.25) is 0 Å². The van der Waals surface area contributed by atoms with Crippen LogP contribution in [0.4, 0.5) is 0 Å². The van der Waals surface area contributed by atoms with Gasteiger partial charge in [0.25, 0.3) is 0 Å². The first-order chi connectivity index (χ1) is 13.2. The molecule has 2 fully saturated rings. The average Bonchev–Trinajstić information content (AvgIpc) is 3.18. The number of piperidine rings is 1. The Morgan fingerprint density at radius 1 is 1.26 bits per heavy atom. The van der Waals surface area contributed by atoms with Crippen molar-refractivity contribution in [1.29, 1.82) is 0 Å². The second kappa shape index (κ2) is 10.1. The Kier molecular flexibility index (Phi) is 7.53. The number of benzene rings is 1. The molecule has 0 radical (unpaired) electrons. The molecule has 0 amide bonds. The molecule has 0 saturated carbocycles. The molecule has 3 rings (SSSR count). The Labute approximate surface area is 164 Å². The minimum Gasteiger partial charge on any atom is -0.381 e. The van der Waals surface area contributed by atoms with Crippen LogP contribution in [0.1, 0.15) is 43.7 Å². The standard InChI is InChI=1S/C22H36N4O/c1-18-8-6-7-12-26(18)16-21-10-5-4-9-20(21)14-24-22(23-2)25(3)15-19-11-13-27-17-19/h4-5,9-10,18-19H,6-8,11-17H2,1-3H3,(H,23,24). The number of nitrogens with one attached hydrogen (secondary N) is 1. The fourth-order valence-corrected chi connectivity index (χ4v) is 4.26. The molecule has 1 aromatic rings. The van der Waals surface area contributed by atoms with Crippen molar-refractivity contribution < 1.29 is 4.74 Å². The molecule has 2 atom stereocenters. The average molecular weight is 373 g/mol. The minimum absolute atomic E-state index is 0.612. The first kappa shape index (κ1) is 20.2. The van der Waals surface area contributed by atoms with Crippen LogP contribution in [0.5, 0.6) is 0 Å². The van der Waals surface area contributed by atoms with Gasteiger partial charge < -0.3 is 15.0 Å². The van der Waals surface area contributed by atoms with Crippen molar-refractivity contribution in [2.45, 2.75) is 51.7 Å². The van der Waals surface area contributed by atoms with Crippen molar-refractivity contribution in [3.05, 3.63) is 35.4 Å². The summed E-state index contributed by atoms with van der Waals surface area (Å²) in [5.74, 6) is 1.57. The molecule has 1 aromatic carbocycles. The number of aliphatic imine (C=N–C) groups is 1. The summed E-state index contributed by atoms with van der Waals surface area (Å²) >= 11 is 0. The van der Waals surface area contributed by atoms with E-state index in [4.69, 9.17) is 4.74 Å². The highest BCUT2D eigenvalue weighted by molar-refractivity contribution is 5.79. The van der Waals surface area contributed by atoms with Crippen molar-refractivity contribution in [2.75, 3.05) is 40.4 Å². The predicted octanol–water partition coefficient (Wildman–Crippen LogP) is 3.10. The third-order valence-corrected chi connectivity index (χ3v) is 6.00. The summed E-state index contributed by atoms with van der Waals surface area (Å²) in [6.45, 7) is 8.21. The van der Waals surface area contributed by atoms with Gasteiger partial charge in [0.15, 0.2) is 5.96 Å². The van der Waals surface area contributed by atoms with Crippen LogP contribution in [0.15, 0.2) is 29.3 Å². The van der Waals surface area contributed by atoms with E-state index in [0.717, 1.165) is 45.2 Å². The lowest BCUT2D eigenvalue weighted by molar-refractivity contribution is 0.152. The monoisotopic (exact) mass is 372 g/mol. The highest BCUT2D eigenvalue weighted by atomic mass is 16.5. The van der Waals surface area contributed by atoms with Gasteiger partial charge in [-0.15, -0.1) is 0 Å². The largest absolute Gasteiger partial charge is 0.381 e. The molecule has 0 aliphatic carbocycles. The molecule has 5 heteroatoms. The first-order valence-electron chi connectivity index (χ1n) is 10.5. The summed E-state index contributed by atoms with van der Waals surface area (Å²) < 4.78 is 5.51. The maximum absolute atomic E-state index is 5.51. The van der Waals surface area contributed by atoms with Crippen molar-refractivity contribution in [3.8, 4) is 0 Å². The zero-order valence-electron chi connectivity index (χ0n) is 17.3. The summed E-state index contributed by atoms with van der Waals surface area (Å²) in [7, 11) is 3.99. The molecule has 2 aliphatic rings. The van der Waals surface area contributed by atoms with Crippen LogP contribution in [0, 0.1) is 5.92 Å². The normalized spacial score (nSPS) is 24.2. The number of likely N-dealkylation sites (tertiary alicyclic amines) is 1. The lowest BCUT2D eigenvalue weighted by Crippen LogP contribution is -2.41. The van der Waals surface area contributed by atoms with Gasteiger partial charge in [-0.3, -0.25) is 9.89 Å². The number of guanidine groups is 1. The van der Waals surface area contributed by atoms with Crippen molar-refractivity contribution in [2.24, 2.45) is 10.9 Å². The molecule has 150 valence electrons. The van der Waals surface area contributed by atoms with E-state index >= 15 is 0 Å². The van der Waals surface area contributed by atoms with E-state index < -0.39 is 0 Å². The summed E-state index contributed by atoms with van der Waals surface area (Å²) in [5.41, 5.74) is 2.80. The van der Waals surface area contributed by atoms with Gasteiger partial charge in [-0.05, 0) is 43.9 Å². The maximum Gasteiger partial charge on any atom is 0.193 e. The van der Waals surface area contributed by atoms with Crippen LogP contribution in [-0.2, 0) is 17.8 Å². The smallest absolute Gasteiger partial charge is 0.193 e. The van der Waals surface area contributed by atoms with Gasteiger partial charge >= 0.3 is 0 Å². The van der Waals surface area contributed by atoms with Gasteiger partial charge in [-0.1, -0.05) is 30.7 Å². The van der Waals surface area contributed by atoms with Crippen LogP contribution in [0.2, 0.25) is 0 Å². The molecule has 0 bridgehead atoms. The molecule has 5 nitrogen and oxygen atoms in total. The molecule has 2 heterocycles. The van der Waals surface area contributed by atoms with E-state index in [1.807, 2.05) is 7.05 Å². The van der Waals surface area contributed by atoms with Crippen molar-refractivity contribution >= 4 is 5.96 Å². The van der Waals surface area contributed by atoms with Gasteiger partial charge in [0, 0.05) is 52.3 Å². The van der Waals surface area contributed by atoms with Crippen LogP contribution in [0.25, 0.3) is 0 Å². The zero-order chi connectivity index (χ0) is 19.1. The SMILES string of the molecule is CN=C(NCc1ccccc1CN1CCCCC1C)N(C)CC1CCOC1. The van der Waals surface area contributed by atoms with Crippen molar-refractivity contribution in [1.82, 2.24) is 15.1 Å². The third kappa shape index (κ3) is 5.69. The molecule has 2 unspecified atom stereocenters.